The van der Waals surface area contributed by atoms with Crippen molar-refractivity contribution in [1.29, 1.82) is 0 Å². The number of hydrazone groups is 1. The number of hydrogen-bond acceptors (Lipinski definition) is 3. The van der Waals surface area contributed by atoms with Crippen molar-refractivity contribution in [2.75, 3.05) is 5.32 Å². The van der Waals surface area contributed by atoms with Gasteiger partial charge in [-0.15, -0.1) is 0 Å². The topological polar surface area (TPSA) is 70.6 Å². The van der Waals surface area contributed by atoms with Gasteiger partial charge in [0.2, 0.25) is 0 Å². The first-order valence-electron chi connectivity index (χ1n) is 6.20. The standard InChI is InChI=1S/C15H11BrClN3O2/c16-11-3-1-2-10(8-11)9-18-20-15(22)14(21)19-13-6-4-12(17)5-7-13/h1-9H,(H,19,21)(H,20,22)/b18-9+. The summed E-state index contributed by atoms with van der Waals surface area (Å²) in [5.74, 6) is -1.67. The van der Waals surface area contributed by atoms with Gasteiger partial charge in [-0.25, -0.2) is 5.43 Å². The van der Waals surface area contributed by atoms with Gasteiger partial charge in [0.05, 0.1) is 6.21 Å². The van der Waals surface area contributed by atoms with Crippen LogP contribution in [0.15, 0.2) is 58.1 Å². The third-order valence-corrected chi connectivity index (χ3v) is 3.28. The highest BCUT2D eigenvalue weighted by Gasteiger charge is 2.12. The number of hydrogen-bond donors (Lipinski definition) is 2. The Kier molecular flexibility index (Phi) is 5.68. The zero-order valence-electron chi connectivity index (χ0n) is 11.2. The van der Waals surface area contributed by atoms with Gasteiger partial charge in [-0.3, -0.25) is 9.59 Å². The maximum atomic E-state index is 11.7. The lowest BCUT2D eigenvalue weighted by atomic mass is 10.2. The molecule has 112 valence electrons. The first-order chi connectivity index (χ1) is 10.5. The molecule has 0 aliphatic carbocycles. The SMILES string of the molecule is O=C(N/N=C/c1cccc(Br)c1)C(=O)Nc1ccc(Cl)cc1. The fraction of sp³-hybridized carbons (Fsp3) is 0. The summed E-state index contributed by atoms with van der Waals surface area (Å²) in [6, 6.07) is 13.8. The Morgan fingerprint density at radius 3 is 2.50 bits per heavy atom. The average Bonchev–Trinajstić information content (AvgIpc) is 2.49. The number of benzene rings is 2. The Morgan fingerprint density at radius 1 is 1.09 bits per heavy atom. The van der Waals surface area contributed by atoms with Crippen LogP contribution in [0.4, 0.5) is 5.69 Å². The van der Waals surface area contributed by atoms with E-state index in [9.17, 15) is 9.59 Å². The minimum absolute atomic E-state index is 0.473. The molecule has 0 unspecified atom stereocenters. The Balaban J connectivity index is 1.89. The van der Waals surface area contributed by atoms with E-state index >= 15 is 0 Å². The van der Waals surface area contributed by atoms with Gasteiger partial charge in [-0.05, 0) is 42.0 Å². The molecule has 0 atom stereocenters. The molecule has 2 aromatic carbocycles. The fourth-order valence-corrected chi connectivity index (χ4v) is 2.07. The van der Waals surface area contributed by atoms with E-state index in [2.05, 4.69) is 31.8 Å². The average molecular weight is 381 g/mol. The van der Waals surface area contributed by atoms with Gasteiger partial charge in [-0.1, -0.05) is 39.7 Å². The lowest BCUT2D eigenvalue weighted by Crippen LogP contribution is -2.32. The van der Waals surface area contributed by atoms with E-state index in [4.69, 9.17) is 11.6 Å². The lowest BCUT2D eigenvalue weighted by molar-refractivity contribution is -0.136. The maximum Gasteiger partial charge on any atom is 0.329 e. The first kappa shape index (κ1) is 16.2. The molecule has 7 heteroatoms. The van der Waals surface area contributed by atoms with E-state index in [0.29, 0.717) is 10.7 Å². The zero-order chi connectivity index (χ0) is 15.9. The van der Waals surface area contributed by atoms with E-state index in [1.54, 1.807) is 24.3 Å². The van der Waals surface area contributed by atoms with Crippen molar-refractivity contribution >= 4 is 51.2 Å². The van der Waals surface area contributed by atoms with Crippen LogP contribution in [0.25, 0.3) is 0 Å². The highest BCUT2D eigenvalue weighted by atomic mass is 79.9. The monoisotopic (exact) mass is 379 g/mol. The minimum atomic E-state index is -0.860. The van der Waals surface area contributed by atoms with Gasteiger partial charge in [0.15, 0.2) is 0 Å². The predicted octanol–water partition coefficient (Wildman–Crippen LogP) is 3.19. The Hall–Kier alpha value is -2.18. The second kappa shape index (κ2) is 7.72. The number of amides is 2. The van der Waals surface area contributed by atoms with Gasteiger partial charge < -0.3 is 5.32 Å². The summed E-state index contributed by atoms with van der Waals surface area (Å²) in [5.41, 5.74) is 3.42. The highest BCUT2D eigenvalue weighted by molar-refractivity contribution is 9.10. The van der Waals surface area contributed by atoms with Crippen LogP contribution in [-0.4, -0.2) is 18.0 Å². The molecule has 5 nitrogen and oxygen atoms in total. The van der Waals surface area contributed by atoms with Crippen molar-refractivity contribution in [3.8, 4) is 0 Å². The van der Waals surface area contributed by atoms with Crippen molar-refractivity contribution in [3.63, 3.8) is 0 Å². The summed E-state index contributed by atoms with van der Waals surface area (Å²) in [6.07, 6.45) is 1.44. The molecular formula is C15H11BrClN3O2. The molecule has 0 spiro atoms. The molecule has 0 aromatic heterocycles. The molecule has 0 bridgehead atoms. The second-order valence-corrected chi connectivity index (χ2v) is 5.57. The molecule has 2 rings (SSSR count). The summed E-state index contributed by atoms with van der Waals surface area (Å²) in [4.78, 5) is 23.3. The maximum absolute atomic E-state index is 11.7. The number of carbonyl (C=O) groups excluding carboxylic acids is 2. The van der Waals surface area contributed by atoms with Crippen LogP contribution < -0.4 is 10.7 Å². The predicted molar refractivity (Wildman–Crippen MR) is 90.0 cm³/mol. The molecule has 0 saturated carbocycles. The Labute approximate surface area is 140 Å². The Bertz CT molecular complexity index is 717. The normalized spacial score (nSPS) is 10.5. The van der Waals surface area contributed by atoms with Gasteiger partial charge >= 0.3 is 11.8 Å². The van der Waals surface area contributed by atoms with E-state index in [1.807, 2.05) is 24.3 Å². The third-order valence-electron chi connectivity index (χ3n) is 2.54. The molecule has 2 N–H and O–H groups in total. The van der Waals surface area contributed by atoms with Gasteiger partial charge in [0.25, 0.3) is 0 Å². The van der Waals surface area contributed by atoms with Crippen molar-refractivity contribution in [1.82, 2.24) is 5.43 Å². The number of nitrogens with one attached hydrogen (secondary N) is 2. The second-order valence-electron chi connectivity index (χ2n) is 4.22. The number of nitrogens with zero attached hydrogens (tertiary/aromatic N) is 1. The van der Waals surface area contributed by atoms with Gasteiger partial charge in [0.1, 0.15) is 0 Å². The molecule has 2 amide bonds. The molecule has 0 aliphatic heterocycles. The summed E-state index contributed by atoms with van der Waals surface area (Å²) in [5, 5.41) is 6.71. The number of carbonyl (C=O) groups is 2. The molecule has 0 heterocycles. The summed E-state index contributed by atoms with van der Waals surface area (Å²) >= 11 is 9.06. The van der Waals surface area contributed by atoms with E-state index in [-0.39, 0.29) is 0 Å². The summed E-state index contributed by atoms with van der Waals surface area (Å²) < 4.78 is 0.892. The van der Waals surface area contributed by atoms with Crippen LogP contribution in [0.1, 0.15) is 5.56 Å². The van der Waals surface area contributed by atoms with Crippen LogP contribution in [0.2, 0.25) is 5.02 Å². The van der Waals surface area contributed by atoms with Crippen molar-refractivity contribution in [3.05, 3.63) is 63.6 Å². The quantitative estimate of drug-likeness (QED) is 0.488. The molecule has 0 radical (unpaired) electrons. The molecular weight excluding hydrogens is 370 g/mol. The fourth-order valence-electron chi connectivity index (χ4n) is 1.52. The van der Waals surface area contributed by atoms with Crippen LogP contribution in [0.5, 0.6) is 0 Å². The number of halogens is 2. The molecule has 0 saturated heterocycles. The van der Waals surface area contributed by atoms with Crippen LogP contribution in [0.3, 0.4) is 0 Å². The summed E-state index contributed by atoms with van der Waals surface area (Å²) in [7, 11) is 0. The zero-order valence-corrected chi connectivity index (χ0v) is 13.6. The number of anilines is 1. The lowest BCUT2D eigenvalue weighted by Gasteiger charge is -2.03. The van der Waals surface area contributed by atoms with E-state index in [0.717, 1.165) is 10.0 Å². The summed E-state index contributed by atoms with van der Waals surface area (Å²) in [6.45, 7) is 0. The molecule has 0 fully saturated rings. The van der Waals surface area contributed by atoms with Crippen molar-refractivity contribution in [2.24, 2.45) is 5.10 Å². The van der Waals surface area contributed by atoms with Crippen molar-refractivity contribution in [2.45, 2.75) is 0 Å². The highest BCUT2D eigenvalue weighted by Crippen LogP contribution is 2.13. The van der Waals surface area contributed by atoms with Crippen molar-refractivity contribution < 1.29 is 9.59 Å². The molecule has 22 heavy (non-hydrogen) atoms. The van der Waals surface area contributed by atoms with E-state index in [1.165, 1.54) is 6.21 Å². The van der Waals surface area contributed by atoms with Gasteiger partial charge in [0, 0.05) is 15.2 Å². The van der Waals surface area contributed by atoms with Gasteiger partial charge in [-0.2, -0.15) is 5.10 Å². The van der Waals surface area contributed by atoms with Crippen LogP contribution in [-0.2, 0) is 9.59 Å². The van der Waals surface area contributed by atoms with E-state index < -0.39 is 11.8 Å². The molecule has 2 aromatic rings. The minimum Gasteiger partial charge on any atom is -0.318 e. The first-order valence-corrected chi connectivity index (χ1v) is 7.37. The smallest absolute Gasteiger partial charge is 0.318 e. The number of rotatable bonds is 3. The molecule has 0 aliphatic rings. The largest absolute Gasteiger partial charge is 0.329 e. The third kappa shape index (κ3) is 4.98. The van der Waals surface area contributed by atoms with Crippen LogP contribution >= 0.6 is 27.5 Å². The van der Waals surface area contributed by atoms with Crippen LogP contribution in [0, 0.1) is 0 Å². The Morgan fingerprint density at radius 2 is 1.82 bits per heavy atom.